The molecule has 0 spiro atoms. The first-order valence-corrected chi connectivity index (χ1v) is 12.7. The highest BCUT2D eigenvalue weighted by atomic mass is 19.1. The molecule has 1 aliphatic heterocycles. The van der Waals surface area contributed by atoms with Crippen molar-refractivity contribution in [3.8, 4) is 11.5 Å². The van der Waals surface area contributed by atoms with Crippen LogP contribution in [-0.4, -0.2) is 46.2 Å². The van der Waals surface area contributed by atoms with E-state index in [2.05, 4.69) is 0 Å². The summed E-state index contributed by atoms with van der Waals surface area (Å²) >= 11 is 0. The molecular weight excluding hydrogens is 476 g/mol. The molecule has 4 rings (SSSR count). The molecule has 0 fully saturated rings. The summed E-state index contributed by atoms with van der Waals surface area (Å²) in [6.07, 6.45) is 0.656. The van der Waals surface area contributed by atoms with Crippen LogP contribution in [0.2, 0.25) is 0 Å². The number of ketones is 1. The van der Waals surface area contributed by atoms with E-state index in [-0.39, 0.29) is 36.4 Å². The number of fused-ring (bicyclic) bond motifs is 1. The number of aromatic hydroxyl groups is 1. The van der Waals surface area contributed by atoms with Crippen molar-refractivity contribution in [1.29, 1.82) is 0 Å². The van der Waals surface area contributed by atoms with E-state index in [0.717, 1.165) is 11.1 Å². The second-order valence-electron chi connectivity index (χ2n) is 9.88. The number of aliphatic hydroxyl groups excluding tert-OH is 1. The highest BCUT2D eigenvalue weighted by Gasteiger charge is 2.29. The summed E-state index contributed by atoms with van der Waals surface area (Å²) in [7, 11) is 0. The fourth-order valence-electron chi connectivity index (χ4n) is 4.71. The van der Waals surface area contributed by atoms with E-state index in [1.807, 2.05) is 42.2 Å². The number of rotatable bonds is 11. The van der Waals surface area contributed by atoms with Gasteiger partial charge in [0.2, 0.25) is 0 Å². The molecule has 0 radical (unpaired) electrons. The average Bonchev–Trinajstić information content (AvgIpc) is 2.89. The SMILES string of the molecule is C[C@H](CCc1cc(F)ccc1O)[C@@H](O)CN(CC(=O)[C@@H]1CCc2cc(F)ccc2O1)Cc1ccccc1. The standard InChI is InChI=1S/C30H33F2NO4/c1-20(7-8-22-15-24(31)10-12-26(22)34)27(35)18-33(17-21-5-3-2-4-6-21)19-28(36)30-13-9-23-16-25(32)11-14-29(23)37-30/h2-6,10-12,14-16,20,27,30,34-35H,7-9,13,17-19H2,1H3/t20-,27+,30+/m1/s1. The molecule has 0 saturated carbocycles. The second kappa shape index (κ2) is 12.3. The van der Waals surface area contributed by atoms with Gasteiger partial charge < -0.3 is 14.9 Å². The topological polar surface area (TPSA) is 70.0 Å². The molecule has 0 aromatic heterocycles. The number of halogens is 2. The van der Waals surface area contributed by atoms with Crippen LogP contribution in [0.5, 0.6) is 11.5 Å². The van der Waals surface area contributed by atoms with Crippen LogP contribution in [0.25, 0.3) is 0 Å². The summed E-state index contributed by atoms with van der Waals surface area (Å²) in [5.74, 6) is -0.395. The van der Waals surface area contributed by atoms with Gasteiger partial charge in [-0.3, -0.25) is 9.69 Å². The van der Waals surface area contributed by atoms with Crippen molar-refractivity contribution in [3.05, 3.63) is 95.1 Å². The van der Waals surface area contributed by atoms with Crippen LogP contribution in [-0.2, 0) is 24.2 Å². The molecule has 0 unspecified atom stereocenters. The van der Waals surface area contributed by atoms with Crippen LogP contribution in [0.4, 0.5) is 8.78 Å². The summed E-state index contributed by atoms with van der Waals surface area (Å²) in [5, 5.41) is 21.0. The van der Waals surface area contributed by atoms with Gasteiger partial charge in [0, 0.05) is 13.1 Å². The zero-order valence-electron chi connectivity index (χ0n) is 20.9. The zero-order valence-corrected chi connectivity index (χ0v) is 20.9. The molecule has 196 valence electrons. The highest BCUT2D eigenvalue weighted by molar-refractivity contribution is 5.85. The van der Waals surface area contributed by atoms with E-state index in [9.17, 15) is 23.8 Å². The predicted molar refractivity (Wildman–Crippen MR) is 137 cm³/mol. The number of phenols is 1. The van der Waals surface area contributed by atoms with Gasteiger partial charge in [-0.1, -0.05) is 37.3 Å². The third kappa shape index (κ3) is 7.37. The Morgan fingerprint density at radius 2 is 1.81 bits per heavy atom. The van der Waals surface area contributed by atoms with E-state index in [0.29, 0.717) is 43.5 Å². The van der Waals surface area contributed by atoms with Crippen molar-refractivity contribution < 1.29 is 28.5 Å². The molecule has 37 heavy (non-hydrogen) atoms. The Bertz CT molecular complexity index is 1200. The highest BCUT2D eigenvalue weighted by Crippen LogP contribution is 2.29. The van der Waals surface area contributed by atoms with Crippen molar-refractivity contribution in [1.82, 2.24) is 4.90 Å². The largest absolute Gasteiger partial charge is 0.508 e. The van der Waals surface area contributed by atoms with Crippen molar-refractivity contribution in [2.45, 2.75) is 51.4 Å². The summed E-state index contributed by atoms with van der Waals surface area (Å²) in [6, 6.07) is 17.9. The van der Waals surface area contributed by atoms with E-state index < -0.39 is 18.0 Å². The first kappa shape index (κ1) is 26.8. The van der Waals surface area contributed by atoms with Gasteiger partial charge in [-0.05, 0) is 84.7 Å². The minimum absolute atomic E-state index is 0.0381. The van der Waals surface area contributed by atoms with Crippen LogP contribution in [0.1, 0.15) is 36.5 Å². The summed E-state index contributed by atoms with van der Waals surface area (Å²) < 4.78 is 33.0. The maximum atomic E-state index is 13.6. The molecule has 0 saturated heterocycles. The van der Waals surface area contributed by atoms with E-state index in [1.165, 1.54) is 30.3 Å². The Morgan fingerprint density at radius 1 is 1.08 bits per heavy atom. The third-order valence-corrected chi connectivity index (χ3v) is 6.97. The maximum absolute atomic E-state index is 13.6. The molecule has 3 aromatic carbocycles. The molecule has 0 bridgehead atoms. The fraction of sp³-hybridized carbons (Fsp3) is 0.367. The quantitative estimate of drug-likeness (QED) is 0.378. The van der Waals surface area contributed by atoms with Gasteiger partial charge >= 0.3 is 0 Å². The lowest BCUT2D eigenvalue weighted by molar-refractivity contribution is -0.128. The first-order valence-electron chi connectivity index (χ1n) is 12.7. The molecule has 1 aliphatic rings. The molecule has 0 aliphatic carbocycles. The smallest absolute Gasteiger partial charge is 0.187 e. The number of Topliss-reactive ketones (excluding diaryl/α,β-unsaturated/α-hetero) is 1. The van der Waals surface area contributed by atoms with Crippen LogP contribution >= 0.6 is 0 Å². The van der Waals surface area contributed by atoms with Crippen molar-refractivity contribution >= 4 is 5.78 Å². The second-order valence-corrected chi connectivity index (χ2v) is 9.88. The van der Waals surface area contributed by atoms with Gasteiger partial charge in [0.15, 0.2) is 11.9 Å². The average molecular weight is 510 g/mol. The lowest BCUT2D eigenvalue weighted by atomic mass is 9.95. The van der Waals surface area contributed by atoms with Crippen molar-refractivity contribution in [3.63, 3.8) is 0 Å². The third-order valence-electron chi connectivity index (χ3n) is 6.97. The molecule has 7 heteroatoms. The number of aliphatic hydroxyl groups is 1. The lowest BCUT2D eigenvalue weighted by Crippen LogP contribution is -2.43. The maximum Gasteiger partial charge on any atom is 0.187 e. The Balaban J connectivity index is 1.39. The van der Waals surface area contributed by atoms with Gasteiger partial charge in [-0.15, -0.1) is 0 Å². The molecular formula is C30H33F2NO4. The minimum atomic E-state index is -0.733. The Labute approximate surface area is 216 Å². The molecule has 5 nitrogen and oxygen atoms in total. The lowest BCUT2D eigenvalue weighted by Gasteiger charge is -2.30. The van der Waals surface area contributed by atoms with Crippen LogP contribution in [0, 0.1) is 17.6 Å². The predicted octanol–water partition coefficient (Wildman–Crippen LogP) is 5.07. The number of aryl methyl sites for hydroxylation is 2. The number of nitrogens with zero attached hydrogens (tertiary/aromatic N) is 1. The monoisotopic (exact) mass is 509 g/mol. The van der Waals surface area contributed by atoms with Crippen LogP contribution in [0.15, 0.2) is 66.7 Å². The summed E-state index contributed by atoms with van der Waals surface area (Å²) in [4.78, 5) is 15.1. The Morgan fingerprint density at radius 3 is 2.59 bits per heavy atom. The number of benzene rings is 3. The van der Waals surface area contributed by atoms with Crippen LogP contribution < -0.4 is 4.74 Å². The Hall–Kier alpha value is -3.29. The van der Waals surface area contributed by atoms with Gasteiger partial charge in [0.25, 0.3) is 0 Å². The number of ether oxygens (including phenoxy) is 1. The summed E-state index contributed by atoms with van der Waals surface area (Å²) in [5.41, 5.74) is 2.29. The Kier molecular flexibility index (Phi) is 8.90. The zero-order chi connectivity index (χ0) is 26.4. The van der Waals surface area contributed by atoms with Crippen LogP contribution in [0.3, 0.4) is 0 Å². The number of carbonyl (C=O) groups is 1. The number of hydrogen-bond acceptors (Lipinski definition) is 5. The number of hydrogen-bond donors (Lipinski definition) is 2. The first-order chi connectivity index (χ1) is 17.8. The minimum Gasteiger partial charge on any atom is -0.508 e. The number of phenolic OH excluding ortho intramolecular Hbond substituents is 1. The van der Waals surface area contributed by atoms with E-state index in [1.54, 1.807) is 6.07 Å². The molecule has 1 heterocycles. The van der Waals surface area contributed by atoms with Gasteiger partial charge in [0.05, 0.1) is 12.6 Å². The normalized spacial score (nSPS) is 16.6. The molecule has 3 atom stereocenters. The summed E-state index contributed by atoms with van der Waals surface area (Å²) in [6.45, 7) is 2.76. The fourth-order valence-corrected chi connectivity index (χ4v) is 4.71. The molecule has 2 N–H and O–H groups in total. The van der Waals surface area contributed by atoms with Gasteiger partial charge in [0.1, 0.15) is 23.1 Å². The van der Waals surface area contributed by atoms with E-state index in [4.69, 9.17) is 4.74 Å². The van der Waals surface area contributed by atoms with E-state index >= 15 is 0 Å². The van der Waals surface area contributed by atoms with Crippen molar-refractivity contribution in [2.75, 3.05) is 13.1 Å². The molecule has 0 amide bonds. The number of carbonyl (C=O) groups excluding carboxylic acids is 1. The molecule has 3 aromatic rings. The van der Waals surface area contributed by atoms with Crippen molar-refractivity contribution in [2.24, 2.45) is 5.92 Å². The van der Waals surface area contributed by atoms with Gasteiger partial charge in [-0.2, -0.15) is 0 Å². The van der Waals surface area contributed by atoms with Gasteiger partial charge in [-0.25, -0.2) is 8.78 Å².